The standard InChI is InChI=1S/C19H20F2N2O3/c1-19(10-22)9-14(23-26-19)12-4-5-15(25-18(20)21)17(8-12)24-16-7-11-2-3-13(16)6-11/h4-5,8-9,11,13,16,18,23H,2-3,6-7H2,1H3. The van der Waals surface area contributed by atoms with Crippen molar-refractivity contribution in [1.82, 2.24) is 5.48 Å². The molecule has 1 aliphatic heterocycles. The van der Waals surface area contributed by atoms with Crippen LogP contribution < -0.4 is 15.0 Å². The van der Waals surface area contributed by atoms with Crippen molar-refractivity contribution in [2.45, 2.75) is 50.9 Å². The van der Waals surface area contributed by atoms with Gasteiger partial charge in [-0.15, -0.1) is 0 Å². The van der Waals surface area contributed by atoms with Gasteiger partial charge in [-0.3, -0.25) is 10.3 Å². The molecule has 138 valence electrons. The van der Waals surface area contributed by atoms with Gasteiger partial charge in [0.1, 0.15) is 12.2 Å². The molecule has 2 fully saturated rings. The Bertz CT molecular complexity index is 777. The van der Waals surface area contributed by atoms with E-state index in [1.807, 2.05) is 0 Å². The van der Waals surface area contributed by atoms with Gasteiger partial charge in [0, 0.05) is 5.56 Å². The molecule has 2 saturated carbocycles. The Hall–Kier alpha value is -2.33. The zero-order valence-corrected chi connectivity index (χ0v) is 14.4. The number of fused-ring (bicyclic) bond motifs is 2. The molecule has 1 aromatic carbocycles. The number of nitriles is 1. The van der Waals surface area contributed by atoms with Crippen LogP contribution in [-0.2, 0) is 4.84 Å². The second-order valence-electron chi connectivity index (χ2n) is 7.35. The van der Waals surface area contributed by atoms with Crippen LogP contribution in [0.1, 0.15) is 38.2 Å². The van der Waals surface area contributed by atoms with Gasteiger partial charge in [-0.25, -0.2) is 0 Å². The lowest BCUT2D eigenvalue weighted by molar-refractivity contribution is -0.0524. The zero-order chi connectivity index (χ0) is 18.3. The number of halogens is 2. The summed E-state index contributed by atoms with van der Waals surface area (Å²) in [4.78, 5) is 5.27. The SMILES string of the molecule is CC1(C#N)C=C(c2ccc(OC(F)F)c(OC3CC4CCC3C4)c2)NO1. The number of benzene rings is 1. The molecule has 0 radical (unpaired) electrons. The second-order valence-corrected chi connectivity index (χ2v) is 7.35. The van der Waals surface area contributed by atoms with E-state index in [2.05, 4.69) is 16.3 Å². The maximum Gasteiger partial charge on any atom is 0.387 e. The molecule has 0 aromatic heterocycles. The molecule has 2 bridgehead atoms. The molecule has 0 spiro atoms. The van der Waals surface area contributed by atoms with E-state index in [1.165, 1.54) is 12.5 Å². The quantitative estimate of drug-likeness (QED) is 0.857. The molecular formula is C19H20F2N2O3. The topological polar surface area (TPSA) is 63.5 Å². The predicted octanol–water partition coefficient (Wildman–Crippen LogP) is 4.01. The Morgan fingerprint density at radius 2 is 2.15 bits per heavy atom. The molecule has 4 atom stereocenters. The smallest absolute Gasteiger partial charge is 0.387 e. The molecule has 1 aromatic rings. The molecule has 4 rings (SSSR count). The monoisotopic (exact) mass is 362 g/mol. The average molecular weight is 362 g/mol. The van der Waals surface area contributed by atoms with Gasteiger partial charge in [0.05, 0.1) is 5.70 Å². The highest BCUT2D eigenvalue weighted by molar-refractivity contribution is 5.69. The third kappa shape index (κ3) is 3.21. The summed E-state index contributed by atoms with van der Waals surface area (Å²) in [6.07, 6.45) is 6.15. The third-order valence-corrected chi connectivity index (χ3v) is 5.44. The van der Waals surface area contributed by atoms with Crippen molar-refractivity contribution in [2.75, 3.05) is 0 Å². The van der Waals surface area contributed by atoms with E-state index < -0.39 is 12.2 Å². The van der Waals surface area contributed by atoms with Gasteiger partial charge < -0.3 is 9.47 Å². The number of hydrogen-bond donors (Lipinski definition) is 1. The fourth-order valence-corrected chi connectivity index (χ4v) is 4.15. The first-order chi connectivity index (χ1) is 12.5. The Kier molecular flexibility index (Phi) is 4.23. The number of alkyl halides is 2. The fraction of sp³-hybridized carbons (Fsp3) is 0.526. The molecule has 2 aliphatic carbocycles. The molecular weight excluding hydrogens is 342 g/mol. The van der Waals surface area contributed by atoms with Crippen molar-refractivity contribution in [3.05, 3.63) is 29.8 Å². The van der Waals surface area contributed by atoms with Crippen molar-refractivity contribution >= 4 is 5.70 Å². The molecule has 5 nitrogen and oxygen atoms in total. The van der Waals surface area contributed by atoms with E-state index in [4.69, 9.17) is 14.8 Å². The van der Waals surface area contributed by atoms with Crippen LogP contribution in [0.2, 0.25) is 0 Å². The van der Waals surface area contributed by atoms with Crippen LogP contribution in [0, 0.1) is 23.2 Å². The highest BCUT2D eigenvalue weighted by Crippen LogP contribution is 2.47. The largest absolute Gasteiger partial charge is 0.486 e. The number of hydroxylamine groups is 1. The van der Waals surface area contributed by atoms with E-state index >= 15 is 0 Å². The molecule has 26 heavy (non-hydrogen) atoms. The Labute approximate surface area is 150 Å². The van der Waals surface area contributed by atoms with Gasteiger partial charge in [-0.05, 0) is 68.7 Å². The highest BCUT2D eigenvalue weighted by atomic mass is 19.3. The van der Waals surface area contributed by atoms with E-state index in [0.717, 1.165) is 19.3 Å². The van der Waals surface area contributed by atoms with E-state index in [1.54, 1.807) is 25.1 Å². The molecule has 0 amide bonds. The van der Waals surface area contributed by atoms with Gasteiger partial charge in [0.2, 0.25) is 0 Å². The number of nitrogens with zero attached hydrogens (tertiary/aromatic N) is 1. The van der Waals surface area contributed by atoms with Crippen LogP contribution in [0.15, 0.2) is 24.3 Å². The molecule has 1 N–H and O–H groups in total. The number of ether oxygens (including phenoxy) is 2. The number of nitrogens with one attached hydrogen (secondary N) is 1. The summed E-state index contributed by atoms with van der Waals surface area (Å²) in [5, 5.41) is 9.15. The van der Waals surface area contributed by atoms with Gasteiger partial charge in [-0.2, -0.15) is 14.0 Å². The fourth-order valence-electron chi connectivity index (χ4n) is 4.15. The highest BCUT2D eigenvalue weighted by Gasteiger charge is 2.41. The molecule has 7 heteroatoms. The first-order valence-electron chi connectivity index (χ1n) is 8.80. The summed E-state index contributed by atoms with van der Waals surface area (Å²) in [6, 6.07) is 6.82. The predicted molar refractivity (Wildman–Crippen MR) is 89.2 cm³/mol. The lowest BCUT2D eigenvalue weighted by atomic mass is 9.97. The van der Waals surface area contributed by atoms with Gasteiger partial charge in [0.25, 0.3) is 0 Å². The van der Waals surface area contributed by atoms with E-state index in [0.29, 0.717) is 28.8 Å². The average Bonchev–Trinajstić information content (AvgIpc) is 3.32. The van der Waals surface area contributed by atoms with Crippen LogP contribution >= 0.6 is 0 Å². The van der Waals surface area contributed by atoms with Crippen LogP contribution in [0.5, 0.6) is 11.5 Å². The summed E-state index contributed by atoms with van der Waals surface area (Å²) in [5.74, 6) is 1.48. The maximum absolute atomic E-state index is 12.8. The van der Waals surface area contributed by atoms with Crippen molar-refractivity contribution < 1.29 is 23.1 Å². The van der Waals surface area contributed by atoms with E-state index in [-0.39, 0.29) is 11.9 Å². The van der Waals surface area contributed by atoms with Gasteiger partial charge in [-0.1, -0.05) is 0 Å². The number of hydrogen-bond acceptors (Lipinski definition) is 5. The molecule has 3 aliphatic rings. The van der Waals surface area contributed by atoms with Crippen LogP contribution in [0.25, 0.3) is 5.70 Å². The Morgan fingerprint density at radius 3 is 2.77 bits per heavy atom. The van der Waals surface area contributed by atoms with Crippen LogP contribution in [0.3, 0.4) is 0 Å². The first kappa shape index (κ1) is 17.1. The van der Waals surface area contributed by atoms with E-state index in [9.17, 15) is 8.78 Å². The molecule has 1 heterocycles. The van der Waals surface area contributed by atoms with Gasteiger partial charge >= 0.3 is 6.61 Å². The lowest BCUT2D eigenvalue weighted by Gasteiger charge is -2.24. The zero-order valence-electron chi connectivity index (χ0n) is 14.4. The second kappa shape index (κ2) is 6.44. The minimum absolute atomic E-state index is 0.0223. The van der Waals surface area contributed by atoms with Gasteiger partial charge in [0.15, 0.2) is 17.1 Å². The van der Waals surface area contributed by atoms with Crippen LogP contribution in [-0.4, -0.2) is 18.3 Å². The van der Waals surface area contributed by atoms with Crippen LogP contribution in [0.4, 0.5) is 8.78 Å². The van der Waals surface area contributed by atoms with Crippen molar-refractivity contribution in [3.8, 4) is 17.6 Å². The summed E-state index contributed by atoms with van der Waals surface area (Å²) in [6.45, 7) is -1.29. The first-order valence-corrected chi connectivity index (χ1v) is 8.80. The van der Waals surface area contributed by atoms with Crippen molar-refractivity contribution in [2.24, 2.45) is 11.8 Å². The summed E-state index contributed by atoms with van der Waals surface area (Å²) in [5.41, 5.74) is 2.92. The number of rotatable bonds is 5. The minimum Gasteiger partial charge on any atom is -0.486 e. The normalized spacial score (nSPS) is 32.3. The third-order valence-electron chi connectivity index (χ3n) is 5.44. The molecule has 4 unspecified atom stereocenters. The minimum atomic E-state index is -2.92. The van der Waals surface area contributed by atoms with Crippen molar-refractivity contribution in [3.63, 3.8) is 0 Å². The summed E-state index contributed by atoms with van der Waals surface area (Å²) in [7, 11) is 0. The maximum atomic E-state index is 12.8. The summed E-state index contributed by atoms with van der Waals surface area (Å²) >= 11 is 0. The lowest BCUT2D eigenvalue weighted by Crippen LogP contribution is -2.24. The Balaban J connectivity index is 1.61. The Morgan fingerprint density at radius 1 is 1.31 bits per heavy atom. The molecule has 0 saturated heterocycles. The van der Waals surface area contributed by atoms with Crippen molar-refractivity contribution in [1.29, 1.82) is 5.26 Å². The summed E-state index contributed by atoms with van der Waals surface area (Å²) < 4.78 is 36.2.